The van der Waals surface area contributed by atoms with Gasteiger partial charge in [-0.3, -0.25) is 25.2 Å². The van der Waals surface area contributed by atoms with Crippen molar-refractivity contribution in [3.8, 4) is 0 Å². The number of rotatable bonds is 2. The Hall–Kier alpha value is -3.03. The second-order valence-electron chi connectivity index (χ2n) is 5.81. The highest BCUT2D eigenvalue weighted by Gasteiger charge is 2.35. The fourth-order valence-corrected chi connectivity index (χ4v) is 3.73. The summed E-state index contributed by atoms with van der Waals surface area (Å²) in [5.74, 6) is 0. The molecule has 8 nitrogen and oxygen atoms in total. The number of hydrogen-bond donors (Lipinski definition) is 0. The van der Waals surface area contributed by atoms with Crippen molar-refractivity contribution in [2.24, 2.45) is 5.10 Å². The summed E-state index contributed by atoms with van der Waals surface area (Å²) in [7, 11) is 1.63. The Labute approximate surface area is 130 Å². The van der Waals surface area contributed by atoms with Gasteiger partial charge < -0.3 is 0 Å². The second kappa shape index (κ2) is 4.25. The highest BCUT2D eigenvalue weighted by molar-refractivity contribution is 6.21. The molecule has 0 saturated heterocycles. The van der Waals surface area contributed by atoms with Gasteiger partial charge >= 0.3 is 0 Å². The van der Waals surface area contributed by atoms with Crippen LogP contribution < -0.4 is 5.01 Å². The van der Waals surface area contributed by atoms with Crippen LogP contribution in [0.15, 0.2) is 17.2 Å². The van der Waals surface area contributed by atoms with Crippen LogP contribution in [-0.4, -0.2) is 22.6 Å². The van der Waals surface area contributed by atoms with E-state index in [0.29, 0.717) is 35.2 Å². The van der Waals surface area contributed by atoms with E-state index < -0.39 is 9.85 Å². The first-order chi connectivity index (χ1) is 10.9. The Morgan fingerprint density at radius 1 is 1.04 bits per heavy atom. The van der Waals surface area contributed by atoms with Gasteiger partial charge in [-0.05, 0) is 36.3 Å². The van der Waals surface area contributed by atoms with Crippen LogP contribution in [0.3, 0.4) is 0 Å². The summed E-state index contributed by atoms with van der Waals surface area (Å²) in [6.07, 6.45) is 1.32. The zero-order valence-corrected chi connectivity index (χ0v) is 12.5. The van der Waals surface area contributed by atoms with Gasteiger partial charge in [-0.25, -0.2) is 0 Å². The number of nitro benzene ring substituents is 2. The SMILES string of the molecule is CC1=NN(C)c2c([N+](=O)[O-])cc3c4c(cc([N+](=O)[O-])c1c24)CC3. The number of benzene rings is 2. The number of hydrazone groups is 1. The maximum atomic E-state index is 11.5. The maximum absolute atomic E-state index is 11.5. The fourth-order valence-electron chi connectivity index (χ4n) is 3.73. The van der Waals surface area contributed by atoms with Crippen LogP contribution in [-0.2, 0) is 12.8 Å². The zero-order valence-electron chi connectivity index (χ0n) is 12.5. The molecule has 2 aromatic rings. The van der Waals surface area contributed by atoms with Crippen LogP contribution in [0.25, 0.3) is 10.8 Å². The van der Waals surface area contributed by atoms with Crippen LogP contribution in [0.4, 0.5) is 17.1 Å². The van der Waals surface area contributed by atoms with Crippen LogP contribution in [0.2, 0.25) is 0 Å². The molecule has 0 atom stereocenters. The number of nitro groups is 2. The average molecular weight is 312 g/mol. The first-order valence-corrected chi connectivity index (χ1v) is 7.13. The van der Waals surface area contributed by atoms with Gasteiger partial charge in [-0.1, -0.05) is 0 Å². The Morgan fingerprint density at radius 3 is 2.17 bits per heavy atom. The van der Waals surface area contributed by atoms with Gasteiger partial charge in [0.25, 0.3) is 11.4 Å². The van der Waals surface area contributed by atoms with E-state index in [1.807, 2.05) is 0 Å². The van der Waals surface area contributed by atoms with Crippen molar-refractivity contribution >= 4 is 33.5 Å². The Morgan fingerprint density at radius 2 is 1.61 bits per heavy atom. The molecule has 0 aromatic heterocycles. The number of nitrogens with zero attached hydrogens (tertiary/aromatic N) is 4. The largest absolute Gasteiger partial charge is 0.295 e. The third-order valence-corrected chi connectivity index (χ3v) is 4.54. The van der Waals surface area contributed by atoms with Crippen LogP contribution in [0.1, 0.15) is 23.6 Å². The minimum absolute atomic E-state index is 0.0311. The molecular formula is C15H12N4O4. The van der Waals surface area contributed by atoms with Gasteiger partial charge in [0.15, 0.2) is 0 Å². The second-order valence-corrected chi connectivity index (χ2v) is 5.81. The Balaban J connectivity index is 2.29. The average Bonchev–Trinajstić information content (AvgIpc) is 2.89. The Kier molecular flexibility index (Phi) is 2.52. The van der Waals surface area contributed by atoms with Gasteiger partial charge in [0.2, 0.25) is 0 Å². The quantitative estimate of drug-likeness (QED) is 0.626. The fraction of sp³-hybridized carbons (Fsp3) is 0.267. The molecule has 1 heterocycles. The predicted molar refractivity (Wildman–Crippen MR) is 85.3 cm³/mol. The molecule has 1 aliphatic carbocycles. The summed E-state index contributed by atoms with van der Waals surface area (Å²) < 4.78 is 0. The van der Waals surface area contributed by atoms with Crippen molar-refractivity contribution in [2.45, 2.75) is 19.8 Å². The highest BCUT2D eigenvalue weighted by atomic mass is 16.6. The molecule has 0 radical (unpaired) electrons. The summed E-state index contributed by atoms with van der Waals surface area (Å²) in [5, 5.41) is 30.2. The standard InChI is InChI=1S/C15H12N4O4/c1-7-12-10(18(20)21)5-8-3-4-9-6-11(19(22)23)15(17(2)16-7)14(12)13(8)9/h5-6H,3-4H2,1-2H3. The highest BCUT2D eigenvalue weighted by Crippen LogP contribution is 2.48. The summed E-state index contributed by atoms with van der Waals surface area (Å²) in [6, 6.07) is 3.17. The van der Waals surface area contributed by atoms with Crippen molar-refractivity contribution < 1.29 is 9.85 Å². The van der Waals surface area contributed by atoms with E-state index in [2.05, 4.69) is 5.10 Å². The van der Waals surface area contributed by atoms with E-state index in [9.17, 15) is 20.2 Å². The van der Waals surface area contributed by atoms with E-state index in [0.717, 1.165) is 16.5 Å². The lowest BCUT2D eigenvalue weighted by molar-refractivity contribution is -0.385. The van der Waals surface area contributed by atoms with Gasteiger partial charge in [-0.15, -0.1) is 0 Å². The molecule has 4 rings (SSSR count). The summed E-state index contributed by atoms with van der Waals surface area (Å²) in [6.45, 7) is 1.69. The minimum atomic E-state index is -0.446. The van der Waals surface area contributed by atoms with E-state index in [1.165, 1.54) is 5.01 Å². The molecule has 23 heavy (non-hydrogen) atoms. The number of aryl methyl sites for hydroxylation is 2. The van der Waals surface area contributed by atoms with Crippen molar-refractivity contribution in [1.82, 2.24) is 0 Å². The lowest BCUT2D eigenvalue weighted by Gasteiger charge is -2.24. The molecular weight excluding hydrogens is 300 g/mol. The third-order valence-electron chi connectivity index (χ3n) is 4.54. The molecule has 0 saturated carbocycles. The summed E-state index contributed by atoms with van der Waals surface area (Å²) >= 11 is 0. The topological polar surface area (TPSA) is 102 Å². The molecule has 0 bridgehead atoms. The lowest BCUT2D eigenvalue weighted by Crippen LogP contribution is -2.20. The Bertz CT molecular complexity index is 954. The number of anilines is 1. The van der Waals surface area contributed by atoms with Gasteiger partial charge in [0.1, 0.15) is 5.69 Å². The van der Waals surface area contributed by atoms with E-state index >= 15 is 0 Å². The molecule has 0 unspecified atom stereocenters. The summed E-state index contributed by atoms with van der Waals surface area (Å²) in [5.41, 5.74) is 2.90. The maximum Gasteiger partial charge on any atom is 0.295 e. The minimum Gasteiger partial charge on any atom is -0.261 e. The molecule has 116 valence electrons. The van der Waals surface area contributed by atoms with Crippen molar-refractivity contribution in [3.63, 3.8) is 0 Å². The molecule has 0 N–H and O–H groups in total. The molecule has 1 aliphatic heterocycles. The first-order valence-electron chi connectivity index (χ1n) is 7.13. The van der Waals surface area contributed by atoms with Crippen molar-refractivity contribution in [1.29, 1.82) is 0 Å². The molecule has 8 heteroatoms. The van der Waals surface area contributed by atoms with Crippen LogP contribution >= 0.6 is 0 Å². The van der Waals surface area contributed by atoms with E-state index in [1.54, 1.807) is 26.1 Å². The third kappa shape index (κ3) is 1.63. The van der Waals surface area contributed by atoms with Crippen molar-refractivity contribution in [3.05, 3.63) is 49.1 Å². The molecule has 0 fully saturated rings. The smallest absolute Gasteiger partial charge is 0.261 e. The van der Waals surface area contributed by atoms with Gasteiger partial charge in [-0.2, -0.15) is 5.10 Å². The molecule has 2 aliphatic rings. The lowest BCUT2D eigenvalue weighted by atomic mass is 9.92. The van der Waals surface area contributed by atoms with Crippen LogP contribution in [0, 0.1) is 20.2 Å². The molecule has 0 spiro atoms. The molecule has 0 amide bonds. The van der Waals surface area contributed by atoms with Crippen molar-refractivity contribution in [2.75, 3.05) is 12.1 Å². The monoisotopic (exact) mass is 312 g/mol. The normalized spacial score (nSPS) is 15.0. The van der Waals surface area contributed by atoms with E-state index in [4.69, 9.17) is 0 Å². The summed E-state index contributed by atoms with van der Waals surface area (Å²) in [4.78, 5) is 22.1. The van der Waals surface area contributed by atoms with Crippen LogP contribution in [0.5, 0.6) is 0 Å². The molecule has 2 aromatic carbocycles. The van der Waals surface area contributed by atoms with Gasteiger partial charge in [0, 0.05) is 24.6 Å². The number of hydrogen-bond acceptors (Lipinski definition) is 6. The first kappa shape index (κ1) is 13.6. The van der Waals surface area contributed by atoms with E-state index in [-0.39, 0.29) is 11.4 Å². The predicted octanol–water partition coefficient (Wildman–Crippen LogP) is 2.93. The zero-order chi connectivity index (χ0) is 16.5. The van der Waals surface area contributed by atoms with Gasteiger partial charge in [0.05, 0.1) is 21.1 Å².